The third kappa shape index (κ3) is 3.63. The second-order valence-electron chi connectivity index (χ2n) is 10.2. The maximum atomic E-state index is 13.4. The standard InChI is InChI=1S/C24H30N4O3S/c1-23(2)13-19-21(20(29)14-23)24(18-15-25-27-22(18)26-19)9-6-11-28(12-10-24)32(30,31)16-17-7-4-3-5-8-17/h3-5,7-8,15,22,26H,6,9-14,16H2,1-2H3/t22?,24-/m1/s1. The van der Waals surface area contributed by atoms with Crippen molar-refractivity contribution >= 4 is 15.8 Å². The van der Waals surface area contributed by atoms with Gasteiger partial charge >= 0.3 is 0 Å². The van der Waals surface area contributed by atoms with Crippen LogP contribution in [-0.4, -0.2) is 37.8 Å². The van der Waals surface area contributed by atoms with Gasteiger partial charge in [0.2, 0.25) is 10.0 Å². The summed E-state index contributed by atoms with van der Waals surface area (Å²) in [5.41, 5.74) is 3.06. The van der Waals surface area contributed by atoms with Gasteiger partial charge < -0.3 is 5.32 Å². The SMILES string of the molecule is CC1(C)CC(=O)C2=C(C1)NC1N=NC=C1[C@]21CCCN(S(=O)(=O)Cc2ccccc2)CC1. The number of hydrogen-bond acceptors (Lipinski definition) is 6. The van der Waals surface area contributed by atoms with Crippen LogP contribution in [0.25, 0.3) is 0 Å². The zero-order valence-corrected chi connectivity index (χ0v) is 19.5. The number of hydrogen-bond donors (Lipinski definition) is 1. The molecule has 3 aliphatic heterocycles. The Labute approximate surface area is 189 Å². The molecular weight excluding hydrogens is 424 g/mol. The number of nitrogens with zero attached hydrogens (tertiary/aromatic N) is 3. The maximum Gasteiger partial charge on any atom is 0.218 e. The third-order valence-corrected chi connectivity index (χ3v) is 9.13. The number of allylic oxidation sites excluding steroid dienone is 2. The number of fused-ring (bicyclic) bond motifs is 3. The van der Waals surface area contributed by atoms with E-state index in [9.17, 15) is 13.2 Å². The van der Waals surface area contributed by atoms with Crippen molar-refractivity contribution < 1.29 is 13.2 Å². The molecule has 4 aliphatic rings. The Morgan fingerprint density at radius 2 is 1.91 bits per heavy atom. The highest BCUT2D eigenvalue weighted by Crippen LogP contribution is 2.55. The van der Waals surface area contributed by atoms with E-state index in [0.29, 0.717) is 32.4 Å². The van der Waals surface area contributed by atoms with Gasteiger partial charge in [-0.15, -0.1) is 0 Å². The van der Waals surface area contributed by atoms with Gasteiger partial charge in [0.05, 0.1) is 12.0 Å². The van der Waals surface area contributed by atoms with Crippen LogP contribution in [0.4, 0.5) is 0 Å². The average molecular weight is 455 g/mol. The molecule has 0 radical (unpaired) electrons. The molecule has 0 saturated carbocycles. The molecule has 1 aromatic carbocycles. The van der Waals surface area contributed by atoms with E-state index in [1.807, 2.05) is 30.3 Å². The van der Waals surface area contributed by atoms with Gasteiger partial charge in [-0.1, -0.05) is 44.2 Å². The van der Waals surface area contributed by atoms with Crippen LogP contribution in [0.1, 0.15) is 51.5 Å². The minimum atomic E-state index is -3.45. The number of nitrogens with one attached hydrogen (secondary N) is 1. The van der Waals surface area contributed by atoms with Crippen LogP contribution < -0.4 is 5.32 Å². The normalized spacial score (nSPS) is 29.9. The number of Topliss-reactive ketones (excluding diaryl/α,β-unsaturated/α-hetero) is 1. The van der Waals surface area contributed by atoms with E-state index in [4.69, 9.17) is 0 Å². The molecule has 7 nitrogen and oxygen atoms in total. The number of azo groups is 1. The van der Waals surface area contributed by atoms with Crippen molar-refractivity contribution in [2.75, 3.05) is 13.1 Å². The first-order chi connectivity index (χ1) is 15.2. The number of benzene rings is 1. The minimum absolute atomic E-state index is 0.000546. The number of ketones is 1. The number of carbonyl (C=O) groups is 1. The van der Waals surface area contributed by atoms with Crippen LogP contribution in [0.5, 0.6) is 0 Å². The maximum absolute atomic E-state index is 13.4. The quantitative estimate of drug-likeness (QED) is 0.750. The predicted octanol–water partition coefficient (Wildman–Crippen LogP) is 3.91. The van der Waals surface area contributed by atoms with Crippen molar-refractivity contribution in [3.63, 3.8) is 0 Å². The van der Waals surface area contributed by atoms with Crippen molar-refractivity contribution in [2.24, 2.45) is 21.1 Å². The Balaban J connectivity index is 1.47. The van der Waals surface area contributed by atoms with Crippen molar-refractivity contribution in [3.05, 3.63) is 58.9 Å². The largest absolute Gasteiger partial charge is 0.362 e. The highest BCUT2D eigenvalue weighted by molar-refractivity contribution is 7.88. The summed E-state index contributed by atoms with van der Waals surface area (Å²) in [6.07, 6.45) is 4.88. The van der Waals surface area contributed by atoms with Crippen molar-refractivity contribution in [2.45, 2.75) is 57.9 Å². The summed E-state index contributed by atoms with van der Waals surface area (Å²) in [6, 6.07) is 9.31. The van der Waals surface area contributed by atoms with E-state index in [-0.39, 0.29) is 23.1 Å². The zero-order valence-electron chi connectivity index (χ0n) is 18.7. The predicted molar refractivity (Wildman–Crippen MR) is 122 cm³/mol. The first-order valence-corrected chi connectivity index (χ1v) is 13.0. The fourth-order valence-electron chi connectivity index (χ4n) is 5.90. The van der Waals surface area contributed by atoms with Gasteiger partial charge in [0.15, 0.2) is 11.9 Å². The number of rotatable bonds is 3. The number of carbonyl (C=O) groups excluding carboxylic acids is 1. The molecule has 1 N–H and O–H groups in total. The Hall–Kier alpha value is -2.32. The summed E-state index contributed by atoms with van der Waals surface area (Å²) >= 11 is 0. The molecule has 170 valence electrons. The van der Waals surface area contributed by atoms with E-state index < -0.39 is 15.4 Å². The molecule has 1 fully saturated rings. The van der Waals surface area contributed by atoms with Gasteiger partial charge in [0, 0.05) is 41.8 Å². The van der Waals surface area contributed by atoms with Crippen molar-refractivity contribution in [1.82, 2.24) is 9.62 Å². The molecule has 0 aromatic heterocycles. The lowest BCUT2D eigenvalue weighted by Gasteiger charge is -2.47. The van der Waals surface area contributed by atoms with Gasteiger partial charge in [-0.25, -0.2) is 12.7 Å². The van der Waals surface area contributed by atoms with Crippen molar-refractivity contribution in [1.29, 1.82) is 0 Å². The lowest BCUT2D eigenvalue weighted by molar-refractivity contribution is -0.119. The molecule has 0 amide bonds. The second kappa shape index (κ2) is 7.63. The van der Waals surface area contributed by atoms with Crippen molar-refractivity contribution in [3.8, 4) is 0 Å². The molecule has 1 saturated heterocycles. The van der Waals surface area contributed by atoms with Gasteiger partial charge in [-0.3, -0.25) is 4.79 Å². The fourth-order valence-corrected chi connectivity index (χ4v) is 7.47. The van der Waals surface area contributed by atoms with Crippen LogP contribution in [0.3, 0.4) is 0 Å². The van der Waals surface area contributed by atoms with Gasteiger partial charge in [-0.2, -0.15) is 10.2 Å². The van der Waals surface area contributed by atoms with Crippen LogP contribution in [-0.2, 0) is 20.6 Å². The lowest BCUT2D eigenvalue weighted by Crippen LogP contribution is -2.49. The van der Waals surface area contributed by atoms with Gasteiger partial charge in [-0.05, 0) is 36.7 Å². The monoisotopic (exact) mass is 454 g/mol. The minimum Gasteiger partial charge on any atom is -0.362 e. The van der Waals surface area contributed by atoms with Crippen LogP contribution in [0.2, 0.25) is 0 Å². The molecule has 32 heavy (non-hydrogen) atoms. The lowest BCUT2D eigenvalue weighted by atomic mass is 9.60. The Bertz CT molecular complexity index is 1140. The summed E-state index contributed by atoms with van der Waals surface area (Å²) in [5, 5.41) is 12.0. The van der Waals surface area contributed by atoms with Gasteiger partial charge in [0.1, 0.15) is 0 Å². The van der Waals surface area contributed by atoms with E-state index in [2.05, 4.69) is 29.4 Å². The molecule has 3 heterocycles. The average Bonchev–Trinajstić information content (AvgIpc) is 3.07. The van der Waals surface area contributed by atoms with Gasteiger partial charge in [0.25, 0.3) is 0 Å². The first-order valence-electron chi connectivity index (χ1n) is 11.4. The molecule has 1 aliphatic carbocycles. The van der Waals surface area contributed by atoms with E-state index in [0.717, 1.165) is 35.2 Å². The Kier molecular flexibility index (Phi) is 5.13. The molecule has 1 aromatic rings. The highest BCUT2D eigenvalue weighted by atomic mass is 32.2. The summed E-state index contributed by atoms with van der Waals surface area (Å²) in [5.74, 6) is 0.176. The summed E-state index contributed by atoms with van der Waals surface area (Å²) in [4.78, 5) is 13.4. The van der Waals surface area contributed by atoms with Crippen LogP contribution in [0.15, 0.2) is 63.6 Å². The number of sulfonamides is 1. The smallest absolute Gasteiger partial charge is 0.218 e. The fraction of sp³-hybridized carbons (Fsp3) is 0.542. The molecule has 0 bridgehead atoms. The van der Waals surface area contributed by atoms with E-state index in [1.54, 1.807) is 10.5 Å². The Morgan fingerprint density at radius 3 is 2.69 bits per heavy atom. The molecule has 1 unspecified atom stereocenters. The molecule has 5 rings (SSSR count). The highest BCUT2D eigenvalue weighted by Gasteiger charge is 2.53. The molecule has 1 spiro atoms. The topological polar surface area (TPSA) is 91.2 Å². The second-order valence-corrected chi connectivity index (χ2v) is 12.2. The zero-order chi connectivity index (χ0) is 22.6. The molecular formula is C24H30N4O3S. The van der Waals surface area contributed by atoms with E-state index in [1.165, 1.54) is 0 Å². The molecule has 2 atom stereocenters. The van der Waals surface area contributed by atoms with Crippen LogP contribution in [0, 0.1) is 10.8 Å². The summed E-state index contributed by atoms with van der Waals surface area (Å²) < 4.78 is 28.1. The first kappa shape index (κ1) is 21.5. The molecule has 8 heteroatoms. The summed E-state index contributed by atoms with van der Waals surface area (Å²) in [6.45, 7) is 5.11. The van der Waals surface area contributed by atoms with E-state index >= 15 is 0 Å². The third-order valence-electron chi connectivity index (χ3n) is 7.28. The Morgan fingerprint density at radius 1 is 1.12 bits per heavy atom. The van der Waals surface area contributed by atoms with Crippen LogP contribution >= 0.6 is 0 Å². The summed E-state index contributed by atoms with van der Waals surface area (Å²) in [7, 11) is -3.45.